The van der Waals surface area contributed by atoms with Crippen molar-refractivity contribution in [2.75, 3.05) is 5.32 Å². The smallest absolute Gasteiger partial charge is 0.228 e. The van der Waals surface area contributed by atoms with Crippen molar-refractivity contribution in [3.8, 4) is 0 Å². The van der Waals surface area contributed by atoms with Gasteiger partial charge in [0.25, 0.3) is 0 Å². The summed E-state index contributed by atoms with van der Waals surface area (Å²) >= 11 is 9.23. The van der Waals surface area contributed by atoms with Crippen molar-refractivity contribution in [3.63, 3.8) is 0 Å². The molecule has 0 aromatic heterocycles. The Morgan fingerprint density at radius 3 is 2.74 bits per heavy atom. The van der Waals surface area contributed by atoms with E-state index < -0.39 is 0 Å². The summed E-state index contributed by atoms with van der Waals surface area (Å²) in [6.07, 6.45) is 0.108. The van der Waals surface area contributed by atoms with Gasteiger partial charge in [-0.25, -0.2) is 4.39 Å². The predicted octanol–water partition coefficient (Wildman–Crippen LogP) is 4.42. The summed E-state index contributed by atoms with van der Waals surface area (Å²) in [5, 5.41) is 3.24. The molecule has 0 fully saturated rings. The molecule has 2 aromatic rings. The van der Waals surface area contributed by atoms with Crippen LogP contribution in [-0.4, -0.2) is 5.91 Å². The third kappa shape index (κ3) is 3.78. The average Bonchev–Trinajstić information content (AvgIpc) is 2.35. The number of benzene rings is 2. The molecule has 2 nitrogen and oxygen atoms in total. The minimum absolute atomic E-state index is 0.108. The third-order valence-electron chi connectivity index (χ3n) is 2.48. The first-order valence-electron chi connectivity index (χ1n) is 5.54. The van der Waals surface area contributed by atoms with Gasteiger partial charge in [-0.1, -0.05) is 29.8 Å². The van der Waals surface area contributed by atoms with Crippen LogP contribution in [0.5, 0.6) is 0 Å². The molecule has 2 aromatic carbocycles. The molecule has 0 bridgehead atoms. The molecule has 1 amide bonds. The summed E-state index contributed by atoms with van der Waals surface area (Å²) in [6.45, 7) is 0. The summed E-state index contributed by atoms with van der Waals surface area (Å²) in [4.78, 5) is 11.9. The molecular weight excluding hydrogens is 333 g/mol. The van der Waals surface area contributed by atoms with Crippen molar-refractivity contribution in [1.82, 2.24) is 0 Å². The first-order valence-corrected chi connectivity index (χ1v) is 6.71. The van der Waals surface area contributed by atoms with E-state index in [4.69, 9.17) is 11.6 Å². The average molecular weight is 343 g/mol. The summed E-state index contributed by atoms with van der Waals surface area (Å²) < 4.78 is 13.6. The second-order valence-corrected chi connectivity index (χ2v) is 5.16. The number of hydrogen-bond acceptors (Lipinski definition) is 1. The Kier molecular flexibility index (Phi) is 4.56. The number of rotatable bonds is 3. The Morgan fingerprint density at radius 2 is 2.00 bits per heavy atom. The van der Waals surface area contributed by atoms with Gasteiger partial charge in [0.2, 0.25) is 5.91 Å². The molecule has 5 heteroatoms. The number of amides is 1. The molecule has 0 aliphatic heterocycles. The minimum atomic E-state index is -0.353. The number of halogens is 3. The zero-order valence-electron chi connectivity index (χ0n) is 9.79. The molecule has 0 unspecified atom stereocenters. The molecule has 1 N–H and O–H groups in total. The molecule has 0 aliphatic carbocycles. The highest BCUT2D eigenvalue weighted by atomic mass is 79.9. The van der Waals surface area contributed by atoms with Crippen LogP contribution in [0.25, 0.3) is 0 Å². The SMILES string of the molecule is O=C(Cc1cccc(F)c1)Nc1cccc(Cl)c1Br. The topological polar surface area (TPSA) is 29.1 Å². The van der Waals surface area contributed by atoms with Gasteiger partial charge in [0.05, 0.1) is 21.6 Å². The largest absolute Gasteiger partial charge is 0.325 e. The molecule has 2 rings (SSSR count). The lowest BCUT2D eigenvalue weighted by atomic mass is 10.1. The standard InChI is InChI=1S/C14H10BrClFNO/c15-14-11(16)5-2-6-12(14)18-13(19)8-9-3-1-4-10(17)7-9/h1-7H,8H2,(H,18,19). The van der Waals surface area contributed by atoms with E-state index >= 15 is 0 Å². The molecule has 98 valence electrons. The van der Waals surface area contributed by atoms with Crippen molar-refractivity contribution < 1.29 is 9.18 Å². The molecule has 19 heavy (non-hydrogen) atoms. The van der Waals surface area contributed by atoms with Gasteiger partial charge in [-0.3, -0.25) is 4.79 Å². The fourth-order valence-corrected chi connectivity index (χ4v) is 2.17. The quantitative estimate of drug-likeness (QED) is 0.879. The van der Waals surface area contributed by atoms with Crippen molar-refractivity contribution in [1.29, 1.82) is 0 Å². The number of nitrogens with one attached hydrogen (secondary N) is 1. The lowest BCUT2D eigenvalue weighted by Gasteiger charge is -2.08. The van der Waals surface area contributed by atoms with Crippen LogP contribution in [0.15, 0.2) is 46.9 Å². The highest BCUT2D eigenvalue weighted by Crippen LogP contribution is 2.30. The van der Waals surface area contributed by atoms with Crippen LogP contribution >= 0.6 is 27.5 Å². The van der Waals surface area contributed by atoms with Crippen LogP contribution in [0.2, 0.25) is 5.02 Å². The highest BCUT2D eigenvalue weighted by Gasteiger charge is 2.09. The second-order valence-electron chi connectivity index (χ2n) is 3.96. The molecule has 0 saturated carbocycles. The van der Waals surface area contributed by atoms with E-state index in [9.17, 15) is 9.18 Å². The van der Waals surface area contributed by atoms with Crippen molar-refractivity contribution in [2.45, 2.75) is 6.42 Å². The van der Waals surface area contributed by atoms with Gasteiger partial charge in [0, 0.05) is 0 Å². The summed E-state index contributed by atoms with van der Waals surface area (Å²) in [7, 11) is 0. The van der Waals surface area contributed by atoms with Gasteiger partial charge in [-0.05, 0) is 45.8 Å². The van der Waals surface area contributed by atoms with E-state index in [1.165, 1.54) is 12.1 Å². The minimum Gasteiger partial charge on any atom is -0.325 e. The first kappa shape index (κ1) is 14.0. The zero-order chi connectivity index (χ0) is 13.8. The van der Waals surface area contributed by atoms with Crippen molar-refractivity contribution >= 4 is 39.1 Å². The van der Waals surface area contributed by atoms with Gasteiger partial charge >= 0.3 is 0 Å². The Hall–Kier alpha value is -1.39. The van der Waals surface area contributed by atoms with Crippen LogP contribution in [-0.2, 0) is 11.2 Å². The first-order chi connectivity index (χ1) is 9.06. The van der Waals surface area contributed by atoms with E-state index in [2.05, 4.69) is 21.2 Å². The fraction of sp³-hybridized carbons (Fsp3) is 0.0714. The van der Waals surface area contributed by atoms with Gasteiger partial charge in [-0.15, -0.1) is 0 Å². The molecular formula is C14H10BrClFNO. The Bertz CT molecular complexity index is 618. The van der Waals surface area contributed by atoms with E-state index in [1.807, 2.05) is 0 Å². The van der Waals surface area contributed by atoms with Crippen LogP contribution in [0, 0.1) is 5.82 Å². The summed E-state index contributed by atoms with van der Waals surface area (Å²) in [6, 6.07) is 11.2. The van der Waals surface area contributed by atoms with E-state index in [0.29, 0.717) is 20.7 Å². The third-order valence-corrected chi connectivity index (χ3v) is 3.88. The Morgan fingerprint density at radius 1 is 1.26 bits per heavy atom. The molecule has 0 spiro atoms. The molecule has 0 aliphatic rings. The number of anilines is 1. The van der Waals surface area contributed by atoms with Crippen LogP contribution in [0.3, 0.4) is 0 Å². The van der Waals surface area contributed by atoms with Gasteiger partial charge < -0.3 is 5.32 Å². The maximum absolute atomic E-state index is 13.0. The van der Waals surface area contributed by atoms with Crippen molar-refractivity contribution in [3.05, 3.63) is 63.3 Å². The van der Waals surface area contributed by atoms with Crippen LogP contribution < -0.4 is 5.32 Å². The maximum Gasteiger partial charge on any atom is 0.228 e. The summed E-state index contributed by atoms with van der Waals surface area (Å²) in [5.41, 5.74) is 1.21. The van der Waals surface area contributed by atoms with Crippen molar-refractivity contribution in [2.24, 2.45) is 0 Å². The summed E-state index contributed by atoms with van der Waals surface area (Å²) in [5.74, 6) is -0.581. The normalized spacial score (nSPS) is 10.3. The van der Waals surface area contributed by atoms with Crippen LogP contribution in [0.4, 0.5) is 10.1 Å². The van der Waals surface area contributed by atoms with E-state index in [-0.39, 0.29) is 18.1 Å². The van der Waals surface area contributed by atoms with Crippen LogP contribution in [0.1, 0.15) is 5.56 Å². The Labute approximate surface area is 123 Å². The maximum atomic E-state index is 13.0. The monoisotopic (exact) mass is 341 g/mol. The lowest BCUT2D eigenvalue weighted by molar-refractivity contribution is -0.115. The fourth-order valence-electron chi connectivity index (χ4n) is 1.63. The van der Waals surface area contributed by atoms with Gasteiger partial charge in [0.15, 0.2) is 0 Å². The lowest BCUT2D eigenvalue weighted by Crippen LogP contribution is -2.14. The second kappa shape index (κ2) is 6.17. The molecule has 0 heterocycles. The van der Waals surface area contributed by atoms with E-state index in [0.717, 1.165) is 0 Å². The van der Waals surface area contributed by atoms with E-state index in [1.54, 1.807) is 30.3 Å². The number of carbonyl (C=O) groups is 1. The van der Waals surface area contributed by atoms with Gasteiger partial charge in [-0.2, -0.15) is 0 Å². The molecule has 0 radical (unpaired) electrons. The number of hydrogen-bond donors (Lipinski definition) is 1. The number of carbonyl (C=O) groups excluding carboxylic acids is 1. The highest BCUT2D eigenvalue weighted by molar-refractivity contribution is 9.10. The van der Waals surface area contributed by atoms with Gasteiger partial charge in [0.1, 0.15) is 5.82 Å². The molecule has 0 saturated heterocycles. The Balaban J connectivity index is 2.08. The predicted molar refractivity (Wildman–Crippen MR) is 77.9 cm³/mol. The zero-order valence-corrected chi connectivity index (χ0v) is 12.1. The molecule has 0 atom stereocenters.